The lowest BCUT2D eigenvalue weighted by Crippen LogP contribution is -2.13. The normalized spacial score (nSPS) is 10.3. The summed E-state index contributed by atoms with van der Waals surface area (Å²) in [5.74, 6) is -0.248. The largest absolute Gasteiger partial charge is 0.377 e. The second kappa shape index (κ2) is 5.74. The van der Waals surface area contributed by atoms with Gasteiger partial charge in [-0.1, -0.05) is 18.7 Å². The first kappa shape index (κ1) is 14.1. The van der Waals surface area contributed by atoms with E-state index in [1.165, 1.54) is 6.07 Å². The molecule has 0 atom stereocenters. The Bertz CT molecular complexity index is 641. The molecule has 0 unspecified atom stereocenters. The Kier molecular flexibility index (Phi) is 4.03. The highest BCUT2D eigenvalue weighted by atomic mass is 19.1. The highest BCUT2D eigenvalue weighted by molar-refractivity contribution is 5.59. The average molecular weight is 271 g/mol. The van der Waals surface area contributed by atoms with E-state index in [1.807, 2.05) is 31.3 Å². The first-order chi connectivity index (χ1) is 9.56. The third-order valence-corrected chi connectivity index (χ3v) is 3.09. The van der Waals surface area contributed by atoms with Gasteiger partial charge in [-0.2, -0.15) is 5.10 Å². The van der Waals surface area contributed by atoms with Gasteiger partial charge in [0.25, 0.3) is 0 Å². The number of hydrogen-bond donors (Lipinski definition) is 0. The van der Waals surface area contributed by atoms with Gasteiger partial charge in [0.15, 0.2) is 0 Å². The van der Waals surface area contributed by atoms with Crippen molar-refractivity contribution >= 4 is 11.8 Å². The Balaban J connectivity index is 2.55. The lowest BCUT2D eigenvalue weighted by atomic mass is 10.1. The van der Waals surface area contributed by atoms with Crippen LogP contribution in [0, 0.1) is 5.82 Å². The highest BCUT2D eigenvalue weighted by Gasteiger charge is 2.13. The van der Waals surface area contributed by atoms with Crippen molar-refractivity contribution in [3.63, 3.8) is 0 Å². The first-order valence-electron chi connectivity index (χ1n) is 6.35. The summed E-state index contributed by atoms with van der Waals surface area (Å²) in [5, 5.41) is 4.21. The molecule has 0 radical (unpaired) electrons. The maximum atomic E-state index is 14.3. The molecule has 0 saturated carbocycles. The number of hydrogen-bond acceptors (Lipinski definition) is 2. The number of halogens is 1. The maximum Gasteiger partial charge on any atom is 0.130 e. The van der Waals surface area contributed by atoms with Gasteiger partial charge in [0, 0.05) is 37.1 Å². The molecule has 0 aliphatic carbocycles. The summed E-state index contributed by atoms with van der Waals surface area (Å²) in [5.41, 5.74) is 3.06. The van der Waals surface area contributed by atoms with E-state index in [-0.39, 0.29) is 5.82 Å². The summed E-state index contributed by atoms with van der Waals surface area (Å²) in [4.78, 5) is 1.89. The summed E-state index contributed by atoms with van der Waals surface area (Å²) < 4.78 is 15.9. The smallest absolute Gasteiger partial charge is 0.130 e. The van der Waals surface area contributed by atoms with Gasteiger partial charge in [-0.05, 0) is 18.6 Å². The number of allylic oxidation sites excluding steroid dienone is 1. The fourth-order valence-electron chi connectivity index (χ4n) is 2.07. The van der Waals surface area contributed by atoms with Crippen LogP contribution in [0.15, 0.2) is 43.8 Å². The third kappa shape index (κ3) is 2.64. The molecule has 0 bridgehead atoms. The molecular weight excluding hydrogens is 253 g/mol. The van der Waals surface area contributed by atoms with Crippen molar-refractivity contribution in [2.45, 2.75) is 6.42 Å². The SMILES string of the molecule is C=CCc1c(F)cc(-n2cc(C=C)cn2)cc1N(C)C. The van der Waals surface area contributed by atoms with Crippen molar-refractivity contribution in [3.8, 4) is 5.69 Å². The number of rotatable bonds is 5. The predicted molar refractivity (Wildman–Crippen MR) is 81.8 cm³/mol. The zero-order chi connectivity index (χ0) is 14.7. The molecule has 4 heteroatoms. The highest BCUT2D eigenvalue weighted by Crippen LogP contribution is 2.26. The second-order valence-corrected chi connectivity index (χ2v) is 4.73. The van der Waals surface area contributed by atoms with Crippen LogP contribution in [0.2, 0.25) is 0 Å². The van der Waals surface area contributed by atoms with Gasteiger partial charge in [-0.25, -0.2) is 9.07 Å². The first-order valence-corrected chi connectivity index (χ1v) is 6.35. The van der Waals surface area contributed by atoms with Gasteiger partial charge in [-0.15, -0.1) is 6.58 Å². The van der Waals surface area contributed by atoms with Gasteiger partial charge in [-0.3, -0.25) is 0 Å². The number of aromatic nitrogens is 2. The zero-order valence-corrected chi connectivity index (χ0v) is 11.8. The summed E-state index contributed by atoms with van der Waals surface area (Å²) in [6.45, 7) is 7.37. The number of benzene rings is 1. The van der Waals surface area contributed by atoms with Crippen LogP contribution in [0.25, 0.3) is 11.8 Å². The molecule has 2 rings (SSSR count). The van der Waals surface area contributed by atoms with E-state index < -0.39 is 0 Å². The minimum atomic E-state index is -0.248. The Morgan fingerprint density at radius 1 is 1.35 bits per heavy atom. The summed E-state index contributed by atoms with van der Waals surface area (Å²) in [6.07, 6.45) is 7.41. The van der Waals surface area contributed by atoms with E-state index in [1.54, 1.807) is 23.0 Å². The molecule has 0 N–H and O–H groups in total. The Morgan fingerprint density at radius 3 is 2.65 bits per heavy atom. The molecule has 3 nitrogen and oxygen atoms in total. The molecule has 0 saturated heterocycles. The molecular formula is C16H18FN3. The predicted octanol–water partition coefficient (Wildman–Crippen LogP) is 3.45. The summed E-state index contributed by atoms with van der Waals surface area (Å²) >= 11 is 0. The van der Waals surface area contributed by atoms with Crippen LogP contribution in [0.1, 0.15) is 11.1 Å². The minimum absolute atomic E-state index is 0.248. The molecule has 20 heavy (non-hydrogen) atoms. The maximum absolute atomic E-state index is 14.3. The fraction of sp³-hybridized carbons (Fsp3) is 0.188. The minimum Gasteiger partial charge on any atom is -0.377 e. The molecule has 104 valence electrons. The van der Waals surface area contributed by atoms with Gasteiger partial charge in [0.2, 0.25) is 0 Å². The molecule has 0 spiro atoms. The Hall–Kier alpha value is -2.36. The average Bonchev–Trinajstić information content (AvgIpc) is 2.89. The van der Waals surface area contributed by atoms with Crippen molar-refractivity contribution in [2.75, 3.05) is 19.0 Å². The molecule has 0 fully saturated rings. The van der Waals surface area contributed by atoms with Crippen LogP contribution < -0.4 is 4.90 Å². The van der Waals surface area contributed by atoms with E-state index in [0.717, 1.165) is 11.3 Å². The van der Waals surface area contributed by atoms with Crippen molar-refractivity contribution in [1.82, 2.24) is 9.78 Å². The number of nitrogens with zero attached hydrogens (tertiary/aromatic N) is 3. The van der Waals surface area contributed by atoms with Crippen molar-refractivity contribution in [1.29, 1.82) is 0 Å². The van der Waals surface area contributed by atoms with Crippen molar-refractivity contribution in [3.05, 3.63) is 60.7 Å². The fourth-order valence-corrected chi connectivity index (χ4v) is 2.07. The van der Waals surface area contributed by atoms with E-state index in [2.05, 4.69) is 18.3 Å². The van der Waals surface area contributed by atoms with Crippen LogP contribution in [-0.2, 0) is 6.42 Å². The van der Waals surface area contributed by atoms with Crippen molar-refractivity contribution in [2.24, 2.45) is 0 Å². The monoisotopic (exact) mass is 271 g/mol. The molecule has 1 aromatic heterocycles. The van der Waals surface area contributed by atoms with Crippen LogP contribution in [0.5, 0.6) is 0 Å². The molecule has 0 amide bonds. The molecule has 2 aromatic rings. The van der Waals surface area contributed by atoms with Gasteiger partial charge >= 0.3 is 0 Å². The Labute approximate surface area is 118 Å². The van der Waals surface area contributed by atoms with Gasteiger partial charge < -0.3 is 4.90 Å². The lowest BCUT2D eigenvalue weighted by Gasteiger charge is -2.19. The van der Waals surface area contributed by atoms with Crippen LogP contribution in [0.3, 0.4) is 0 Å². The molecule has 1 aromatic carbocycles. The van der Waals surface area contributed by atoms with E-state index in [0.29, 0.717) is 17.7 Å². The van der Waals surface area contributed by atoms with Crippen LogP contribution in [-0.4, -0.2) is 23.9 Å². The van der Waals surface area contributed by atoms with E-state index in [4.69, 9.17) is 0 Å². The standard InChI is InChI=1S/C16H18FN3/c1-5-7-14-15(17)8-13(9-16(14)19(3)4)20-11-12(6-2)10-18-20/h5-6,8-11H,1-2,7H2,3-4H3. The molecule has 0 aliphatic heterocycles. The van der Waals surface area contributed by atoms with Gasteiger partial charge in [0.05, 0.1) is 11.9 Å². The topological polar surface area (TPSA) is 21.1 Å². The zero-order valence-electron chi connectivity index (χ0n) is 11.8. The Morgan fingerprint density at radius 2 is 2.10 bits per heavy atom. The van der Waals surface area contributed by atoms with Crippen LogP contribution >= 0.6 is 0 Å². The summed E-state index contributed by atoms with van der Waals surface area (Å²) in [7, 11) is 3.78. The van der Waals surface area contributed by atoms with Gasteiger partial charge in [0.1, 0.15) is 5.82 Å². The second-order valence-electron chi connectivity index (χ2n) is 4.73. The lowest BCUT2D eigenvalue weighted by molar-refractivity contribution is 0.612. The van der Waals surface area contributed by atoms with Crippen LogP contribution in [0.4, 0.5) is 10.1 Å². The van der Waals surface area contributed by atoms with E-state index in [9.17, 15) is 4.39 Å². The molecule has 0 aliphatic rings. The van der Waals surface area contributed by atoms with Crippen molar-refractivity contribution < 1.29 is 4.39 Å². The number of anilines is 1. The molecule has 1 heterocycles. The third-order valence-electron chi connectivity index (χ3n) is 3.09. The summed E-state index contributed by atoms with van der Waals surface area (Å²) in [6, 6.07) is 3.41. The quantitative estimate of drug-likeness (QED) is 0.777. The van der Waals surface area contributed by atoms with E-state index >= 15 is 0 Å².